The van der Waals surface area contributed by atoms with Gasteiger partial charge in [0.2, 0.25) is 5.91 Å². The topological polar surface area (TPSA) is 72.5 Å². The number of para-hydroxylation sites is 1. The number of rotatable bonds is 7. The van der Waals surface area contributed by atoms with Crippen molar-refractivity contribution in [2.45, 2.75) is 58.9 Å². The zero-order valence-corrected chi connectivity index (χ0v) is 21.7. The standard InChI is InChI=1S/C24H37N5O.HI/c1-5-18(6-2)23(30)29-14-11-20(12-15-29)28-24(25-4)26-13-10-19-16-27-22-17(3)8-7-9-21(19)22;/h7-9,16,18,20,27H,5-6,10-15H2,1-4H3,(H2,25,26,28);1H. The van der Waals surface area contributed by atoms with E-state index in [-0.39, 0.29) is 29.9 Å². The van der Waals surface area contributed by atoms with Crippen LogP contribution in [0.15, 0.2) is 29.4 Å². The first-order valence-corrected chi connectivity index (χ1v) is 11.4. The van der Waals surface area contributed by atoms with Gasteiger partial charge in [-0.1, -0.05) is 32.0 Å². The number of piperidine rings is 1. The third kappa shape index (κ3) is 6.37. The summed E-state index contributed by atoms with van der Waals surface area (Å²) in [5.74, 6) is 1.35. The number of nitrogens with zero attached hydrogens (tertiary/aromatic N) is 2. The first-order chi connectivity index (χ1) is 14.6. The number of hydrogen-bond acceptors (Lipinski definition) is 2. The fourth-order valence-electron chi connectivity index (χ4n) is 4.41. The Morgan fingerprint density at radius 2 is 1.97 bits per heavy atom. The molecule has 1 aliphatic heterocycles. The number of benzene rings is 1. The molecule has 1 aliphatic rings. The summed E-state index contributed by atoms with van der Waals surface area (Å²) in [7, 11) is 1.82. The number of hydrogen-bond donors (Lipinski definition) is 3. The minimum Gasteiger partial charge on any atom is -0.361 e. The van der Waals surface area contributed by atoms with Crippen LogP contribution in [-0.2, 0) is 11.2 Å². The van der Waals surface area contributed by atoms with E-state index in [1.165, 1.54) is 22.0 Å². The Morgan fingerprint density at radius 1 is 1.26 bits per heavy atom. The lowest BCUT2D eigenvalue weighted by atomic mass is 9.98. The average molecular weight is 540 g/mol. The second-order valence-corrected chi connectivity index (χ2v) is 8.32. The molecule has 1 amide bonds. The van der Waals surface area contributed by atoms with Crippen molar-refractivity contribution in [3.8, 4) is 0 Å². The highest BCUT2D eigenvalue weighted by Gasteiger charge is 2.26. The van der Waals surface area contributed by atoms with Crippen LogP contribution in [0, 0.1) is 12.8 Å². The predicted molar refractivity (Wildman–Crippen MR) is 140 cm³/mol. The maximum absolute atomic E-state index is 12.6. The highest BCUT2D eigenvalue weighted by Crippen LogP contribution is 2.21. The number of carbonyl (C=O) groups excluding carboxylic acids is 1. The molecule has 1 aromatic carbocycles. The Bertz CT molecular complexity index is 866. The van der Waals surface area contributed by atoms with Crippen molar-refractivity contribution in [1.82, 2.24) is 20.5 Å². The Morgan fingerprint density at radius 3 is 2.61 bits per heavy atom. The van der Waals surface area contributed by atoms with Crippen molar-refractivity contribution in [3.63, 3.8) is 0 Å². The molecule has 0 saturated carbocycles. The van der Waals surface area contributed by atoms with Gasteiger partial charge in [-0.25, -0.2) is 0 Å². The summed E-state index contributed by atoms with van der Waals surface area (Å²) < 4.78 is 0. The van der Waals surface area contributed by atoms with Crippen molar-refractivity contribution in [2.75, 3.05) is 26.7 Å². The van der Waals surface area contributed by atoms with Gasteiger partial charge in [0, 0.05) is 55.7 Å². The molecule has 0 aliphatic carbocycles. The fraction of sp³-hybridized carbons (Fsp3) is 0.583. The van der Waals surface area contributed by atoms with Gasteiger partial charge in [0.15, 0.2) is 5.96 Å². The molecule has 0 atom stereocenters. The number of H-pyrrole nitrogens is 1. The molecule has 1 aromatic heterocycles. The van der Waals surface area contributed by atoms with E-state index in [0.29, 0.717) is 11.9 Å². The minimum absolute atomic E-state index is 0. The molecule has 0 bridgehead atoms. The number of guanidine groups is 1. The quantitative estimate of drug-likeness (QED) is 0.280. The molecule has 3 N–H and O–H groups in total. The number of aromatic nitrogens is 1. The normalized spacial score (nSPS) is 15.3. The van der Waals surface area contributed by atoms with Gasteiger partial charge in [-0.05, 0) is 50.2 Å². The monoisotopic (exact) mass is 539 g/mol. The van der Waals surface area contributed by atoms with Gasteiger partial charge in [0.25, 0.3) is 0 Å². The van der Waals surface area contributed by atoms with Crippen LogP contribution in [0.1, 0.15) is 50.7 Å². The van der Waals surface area contributed by atoms with E-state index in [1.54, 1.807) is 0 Å². The SMILES string of the molecule is CCC(CC)C(=O)N1CCC(NC(=NC)NCCc2c[nH]c3c(C)cccc23)CC1.I. The highest BCUT2D eigenvalue weighted by atomic mass is 127. The summed E-state index contributed by atoms with van der Waals surface area (Å²) >= 11 is 0. The molecule has 6 nitrogen and oxygen atoms in total. The van der Waals surface area contributed by atoms with E-state index in [1.807, 2.05) is 11.9 Å². The van der Waals surface area contributed by atoms with E-state index < -0.39 is 0 Å². The molecular formula is C24H38IN5O. The van der Waals surface area contributed by atoms with Crippen molar-refractivity contribution in [3.05, 3.63) is 35.5 Å². The number of aryl methyl sites for hydroxylation is 1. The first-order valence-electron chi connectivity index (χ1n) is 11.4. The molecule has 1 saturated heterocycles. The fourth-order valence-corrected chi connectivity index (χ4v) is 4.41. The van der Waals surface area contributed by atoms with E-state index >= 15 is 0 Å². The summed E-state index contributed by atoms with van der Waals surface area (Å²) in [6.45, 7) is 8.83. The van der Waals surface area contributed by atoms with Gasteiger partial charge in [0.05, 0.1) is 0 Å². The zero-order chi connectivity index (χ0) is 21.5. The second-order valence-electron chi connectivity index (χ2n) is 8.32. The van der Waals surface area contributed by atoms with Crippen LogP contribution in [0.4, 0.5) is 0 Å². The smallest absolute Gasteiger partial charge is 0.225 e. The van der Waals surface area contributed by atoms with Crippen molar-refractivity contribution < 1.29 is 4.79 Å². The molecule has 7 heteroatoms. The van der Waals surface area contributed by atoms with Crippen molar-refractivity contribution in [1.29, 1.82) is 0 Å². The summed E-state index contributed by atoms with van der Waals surface area (Å²) in [5, 5.41) is 8.29. The van der Waals surface area contributed by atoms with Gasteiger partial charge in [-0.15, -0.1) is 24.0 Å². The largest absolute Gasteiger partial charge is 0.361 e. The maximum atomic E-state index is 12.6. The van der Waals surface area contributed by atoms with Gasteiger partial charge < -0.3 is 20.5 Å². The van der Waals surface area contributed by atoms with Gasteiger partial charge in [0.1, 0.15) is 0 Å². The van der Waals surface area contributed by atoms with E-state index in [0.717, 1.165) is 57.7 Å². The lowest BCUT2D eigenvalue weighted by Gasteiger charge is -2.34. The predicted octanol–water partition coefficient (Wildman–Crippen LogP) is 4.23. The summed E-state index contributed by atoms with van der Waals surface area (Å²) in [6, 6.07) is 6.79. The second kappa shape index (κ2) is 12.3. The minimum atomic E-state index is 0. The molecule has 31 heavy (non-hydrogen) atoms. The number of aliphatic imine (C=N–C) groups is 1. The Kier molecular flexibility index (Phi) is 10.1. The lowest BCUT2D eigenvalue weighted by molar-refractivity contribution is -0.136. The van der Waals surface area contributed by atoms with Gasteiger partial charge in [-0.2, -0.15) is 0 Å². The van der Waals surface area contributed by atoms with Crippen LogP contribution in [0.3, 0.4) is 0 Å². The number of likely N-dealkylation sites (tertiary alicyclic amines) is 1. The molecule has 1 fully saturated rings. The third-order valence-corrected chi connectivity index (χ3v) is 6.40. The van der Waals surface area contributed by atoms with Crippen molar-refractivity contribution in [2.24, 2.45) is 10.9 Å². The van der Waals surface area contributed by atoms with Crippen LogP contribution in [0.5, 0.6) is 0 Å². The van der Waals surface area contributed by atoms with Crippen molar-refractivity contribution >= 4 is 46.7 Å². The number of fused-ring (bicyclic) bond motifs is 1. The average Bonchev–Trinajstić information content (AvgIpc) is 3.18. The molecule has 3 rings (SSSR count). The molecule has 2 heterocycles. The van der Waals surface area contributed by atoms with E-state index in [9.17, 15) is 4.79 Å². The lowest BCUT2D eigenvalue weighted by Crippen LogP contribution is -2.50. The first kappa shape index (κ1) is 25.5. The van der Waals surface area contributed by atoms with Crippen LogP contribution in [0.2, 0.25) is 0 Å². The molecule has 0 radical (unpaired) electrons. The Labute approximate surface area is 203 Å². The van der Waals surface area contributed by atoms with Crippen LogP contribution >= 0.6 is 24.0 Å². The Balaban J connectivity index is 0.00000341. The van der Waals surface area contributed by atoms with Gasteiger partial charge >= 0.3 is 0 Å². The number of carbonyl (C=O) groups is 1. The zero-order valence-electron chi connectivity index (χ0n) is 19.3. The molecule has 2 aromatic rings. The summed E-state index contributed by atoms with van der Waals surface area (Å²) in [4.78, 5) is 22.4. The third-order valence-electron chi connectivity index (χ3n) is 6.40. The van der Waals surface area contributed by atoms with Crippen LogP contribution < -0.4 is 10.6 Å². The highest BCUT2D eigenvalue weighted by molar-refractivity contribution is 14.0. The number of amides is 1. The summed E-state index contributed by atoms with van der Waals surface area (Å²) in [5.41, 5.74) is 3.83. The molecular weight excluding hydrogens is 501 g/mol. The summed E-state index contributed by atoms with van der Waals surface area (Å²) in [6.07, 6.45) is 6.84. The molecule has 172 valence electrons. The van der Waals surface area contributed by atoms with E-state index in [4.69, 9.17) is 0 Å². The molecule has 0 unspecified atom stereocenters. The molecule has 0 spiro atoms. The number of aromatic amines is 1. The van der Waals surface area contributed by atoms with Gasteiger partial charge in [-0.3, -0.25) is 9.79 Å². The Hall–Kier alpha value is -1.77. The number of nitrogens with one attached hydrogen (secondary N) is 3. The number of halogens is 1. The maximum Gasteiger partial charge on any atom is 0.225 e. The van der Waals surface area contributed by atoms with Crippen LogP contribution in [0.25, 0.3) is 10.9 Å². The van der Waals surface area contributed by atoms with Crippen LogP contribution in [-0.4, -0.2) is 54.5 Å². The van der Waals surface area contributed by atoms with E-state index in [2.05, 4.69) is 65.8 Å².